The van der Waals surface area contributed by atoms with Crippen LogP contribution in [0.25, 0.3) is 0 Å². The molecule has 3 unspecified atom stereocenters. The van der Waals surface area contributed by atoms with Gasteiger partial charge >= 0.3 is 0 Å². The Balaban J connectivity index is 1.72. The van der Waals surface area contributed by atoms with Gasteiger partial charge in [-0.15, -0.1) is 0 Å². The predicted molar refractivity (Wildman–Crippen MR) is 76.5 cm³/mol. The molecule has 0 aromatic carbocycles. The molecule has 1 amide bonds. The van der Waals surface area contributed by atoms with Crippen LogP contribution in [-0.2, 0) is 4.79 Å². The summed E-state index contributed by atoms with van der Waals surface area (Å²) < 4.78 is 0. The van der Waals surface area contributed by atoms with Gasteiger partial charge in [0.15, 0.2) is 0 Å². The molecule has 1 aliphatic carbocycles. The van der Waals surface area contributed by atoms with Crippen molar-refractivity contribution in [1.29, 1.82) is 0 Å². The van der Waals surface area contributed by atoms with Gasteiger partial charge < -0.3 is 10.4 Å². The first-order chi connectivity index (χ1) is 10.1. The highest BCUT2D eigenvalue weighted by molar-refractivity contribution is 5.83. The number of carbonyl (C=O) groups is 1. The van der Waals surface area contributed by atoms with Crippen molar-refractivity contribution in [3.05, 3.63) is 30.1 Å². The summed E-state index contributed by atoms with van der Waals surface area (Å²) in [5, 5.41) is 12.6. The zero-order chi connectivity index (χ0) is 14.8. The predicted octanol–water partition coefficient (Wildman–Crippen LogP) is -0.621. The first-order valence-corrected chi connectivity index (χ1v) is 7.30. The van der Waals surface area contributed by atoms with Gasteiger partial charge in [-0.1, -0.05) is 6.07 Å². The highest BCUT2D eigenvalue weighted by atomic mass is 16.3. The number of aliphatic hydroxyl groups excluding tert-OH is 1. The quantitative estimate of drug-likeness (QED) is 0.507. The van der Waals surface area contributed by atoms with Gasteiger partial charge in [-0.25, -0.2) is 10.9 Å². The Morgan fingerprint density at radius 2 is 2.24 bits per heavy atom. The molecule has 7 heteroatoms. The minimum Gasteiger partial charge on any atom is -0.393 e. The highest BCUT2D eigenvalue weighted by Gasteiger charge is 2.38. The molecule has 0 radical (unpaired) electrons. The normalized spacial score (nSPS) is 33.2. The van der Waals surface area contributed by atoms with Crippen LogP contribution in [-0.4, -0.2) is 34.2 Å². The van der Waals surface area contributed by atoms with Crippen LogP contribution in [0.4, 0.5) is 0 Å². The second kappa shape index (κ2) is 6.07. The molecule has 2 fully saturated rings. The van der Waals surface area contributed by atoms with Gasteiger partial charge in [0.25, 0.3) is 0 Å². The van der Waals surface area contributed by atoms with Gasteiger partial charge in [0.2, 0.25) is 5.91 Å². The van der Waals surface area contributed by atoms with Gasteiger partial charge in [0.1, 0.15) is 6.04 Å². The molecular weight excluding hydrogens is 270 g/mol. The Morgan fingerprint density at radius 1 is 1.43 bits per heavy atom. The SMILES string of the molecule is CC1NNNC1C(=O)NC(c1ccccn1)C1CC(O)C1. The summed E-state index contributed by atoms with van der Waals surface area (Å²) in [7, 11) is 0. The van der Waals surface area contributed by atoms with Crippen LogP contribution in [0, 0.1) is 5.92 Å². The van der Waals surface area contributed by atoms with Gasteiger partial charge in [-0.05, 0) is 37.8 Å². The third kappa shape index (κ3) is 3.06. The molecule has 2 heterocycles. The molecular formula is C14H21N5O2. The molecule has 1 saturated heterocycles. The molecule has 21 heavy (non-hydrogen) atoms. The van der Waals surface area contributed by atoms with Gasteiger partial charge in [-0.3, -0.25) is 9.78 Å². The molecule has 3 rings (SSSR count). The number of aromatic nitrogens is 1. The third-order valence-electron chi connectivity index (χ3n) is 4.24. The van der Waals surface area contributed by atoms with E-state index in [0.29, 0.717) is 12.8 Å². The molecule has 0 bridgehead atoms. The molecule has 7 nitrogen and oxygen atoms in total. The van der Waals surface area contributed by atoms with E-state index >= 15 is 0 Å². The first kappa shape index (κ1) is 14.4. The number of hydrogen-bond acceptors (Lipinski definition) is 6. The number of nitrogens with one attached hydrogen (secondary N) is 4. The van der Waals surface area contributed by atoms with Crippen LogP contribution in [0.2, 0.25) is 0 Å². The summed E-state index contributed by atoms with van der Waals surface area (Å²) in [4.78, 5) is 16.8. The Hall–Kier alpha value is -1.54. The van der Waals surface area contributed by atoms with Crippen LogP contribution in [0.3, 0.4) is 0 Å². The van der Waals surface area contributed by atoms with Crippen molar-refractivity contribution in [2.75, 3.05) is 0 Å². The average Bonchev–Trinajstić information content (AvgIpc) is 2.89. The van der Waals surface area contributed by atoms with Crippen molar-refractivity contribution < 1.29 is 9.90 Å². The maximum absolute atomic E-state index is 12.4. The fraction of sp³-hybridized carbons (Fsp3) is 0.571. The smallest absolute Gasteiger partial charge is 0.240 e. The van der Waals surface area contributed by atoms with Crippen LogP contribution in [0.5, 0.6) is 0 Å². The minimum absolute atomic E-state index is 0.00126. The second-order valence-corrected chi connectivity index (χ2v) is 5.81. The Labute approximate surface area is 123 Å². The number of pyridine rings is 1. The summed E-state index contributed by atoms with van der Waals surface area (Å²) in [5.41, 5.74) is 9.46. The lowest BCUT2D eigenvalue weighted by Gasteiger charge is -2.38. The van der Waals surface area contributed by atoms with E-state index in [4.69, 9.17) is 0 Å². The maximum atomic E-state index is 12.4. The lowest BCUT2D eigenvalue weighted by molar-refractivity contribution is -0.125. The van der Waals surface area contributed by atoms with Gasteiger partial charge in [-0.2, -0.15) is 5.53 Å². The maximum Gasteiger partial charge on any atom is 0.240 e. The summed E-state index contributed by atoms with van der Waals surface area (Å²) in [6.07, 6.45) is 2.87. The van der Waals surface area contributed by atoms with E-state index in [1.165, 1.54) is 0 Å². The average molecular weight is 291 g/mol. The van der Waals surface area contributed by atoms with Gasteiger partial charge in [0.05, 0.1) is 17.8 Å². The highest BCUT2D eigenvalue weighted by Crippen LogP contribution is 2.37. The van der Waals surface area contributed by atoms with Crippen LogP contribution < -0.4 is 21.7 Å². The summed E-state index contributed by atoms with van der Waals surface area (Å²) in [6.45, 7) is 1.93. The Bertz CT molecular complexity index is 491. The van der Waals surface area contributed by atoms with E-state index in [9.17, 15) is 9.90 Å². The van der Waals surface area contributed by atoms with Crippen molar-refractivity contribution >= 4 is 5.91 Å². The van der Waals surface area contributed by atoms with Crippen molar-refractivity contribution in [1.82, 2.24) is 26.7 Å². The molecule has 1 aliphatic heterocycles. The molecule has 0 spiro atoms. The van der Waals surface area contributed by atoms with Crippen molar-refractivity contribution in [2.45, 2.75) is 44.0 Å². The number of hydrogen-bond donors (Lipinski definition) is 5. The number of carbonyl (C=O) groups excluding carboxylic acids is 1. The molecule has 1 saturated carbocycles. The van der Waals surface area contributed by atoms with Crippen molar-refractivity contribution in [3.8, 4) is 0 Å². The van der Waals surface area contributed by atoms with E-state index in [2.05, 4.69) is 26.7 Å². The van der Waals surface area contributed by atoms with Gasteiger partial charge in [0, 0.05) is 12.2 Å². The van der Waals surface area contributed by atoms with E-state index < -0.39 is 0 Å². The molecule has 114 valence electrons. The largest absolute Gasteiger partial charge is 0.393 e. The number of rotatable bonds is 4. The second-order valence-electron chi connectivity index (χ2n) is 5.81. The van der Waals surface area contributed by atoms with E-state index in [1.54, 1.807) is 6.20 Å². The number of nitrogens with zero attached hydrogens (tertiary/aromatic N) is 1. The molecule has 1 aromatic heterocycles. The fourth-order valence-electron chi connectivity index (χ4n) is 2.87. The van der Waals surface area contributed by atoms with Crippen molar-refractivity contribution in [2.24, 2.45) is 5.92 Å². The first-order valence-electron chi connectivity index (χ1n) is 7.30. The number of hydrazine groups is 2. The molecule has 2 aliphatic rings. The van der Waals surface area contributed by atoms with Crippen LogP contribution in [0.15, 0.2) is 24.4 Å². The summed E-state index contributed by atoms with van der Waals surface area (Å²) >= 11 is 0. The van der Waals surface area contributed by atoms with E-state index in [-0.39, 0.29) is 36.1 Å². The van der Waals surface area contributed by atoms with E-state index in [1.807, 2.05) is 25.1 Å². The molecule has 1 aromatic rings. The van der Waals surface area contributed by atoms with Crippen LogP contribution >= 0.6 is 0 Å². The zero-order valence-corrected chi connectivity index (χ0v) is 11.9. The number of amides is 1. The van der Waals surface area contributed by atoms with Crippen LogP contribution in [0.1, 0.15) is 31.5 Å². The lowest BCUT2D eigenvalue weighted by atomic mass is 9.76. The zero-order valence-electron chi connectivity index (χ0n) is 11.9. The molecule has 5 N–H and O–H groups in total. The standard InChI is InChI=1S/C14H21N5O2/c1-8-12(18-19-17-8)14(21)16-13(9-6-10(20)7-9)11-4-2-3-5-15-11/h2-5,8-10,12-13,17-20H,6-7H2,1H3,(H,16,21). The lowest BCUT2D eigenvalue weighted by Crippen LogP contribution is -2.50. The summed E-state index contributed by atoms with van der Waals surface area (Å²) in [6, 6.07) is 5.19. The Morgan fingerprint density at radius 3 is 2.81 bits per heavy atom. The monoisotopic (exact) mass is 291 g/mol. The minimum atomic E-state index is -0.332. The fourth-order valence-corrected chi connectivity index (χ4v) is 2.87. The topological polar surface area (TPSA) is 98.3 Å². The van der Waals surface area contributed by atoms with E-state index in [0.717, 1.165) is 5.69 Å². The van der Waals surface area contributed by atoms with Crippen molar-refractivity contribution in [3.63, 3.8) is 0 Å². The number of aliphatic hydroxyl groups is 1. The Kier molecular flexibility index (Phi) is 4.16. The summed E-state index contributed by atoms with van der Waals surface area (Å²) in [5.74, 6) is 0.161. The third-order valence-corrected chi connectivity index (χ3v) is 4.24. The molecule has 3 atom stereocenters.